The van der Waals surface area contributed by atoms with Crippen LogP contribution in [0.4, 0.5) is 23.5 Å². The largest absolute Gasteiger partial charge is 0.471 e. The van der Waals surface area contributed by atoms with Crippen LogP contribution < -0.4 is 5.73 Å². The smallest absolute Gasteiger partial charge is 0.391 e. The number of anilines is 1. The molecule has 1 aliphatic carbocycles. The maximum Gasteiger partial charge on any atom is 0.471 e. The van der Waals surface area contributed by atoms with E-state index in [0.717, 1.165) is 18.5 Å². The summed E-state index contributed by atoms with van der Waals surface area (Å²) in [5.41, 5.74) is 6.88. The molecule has 0 spiro atoms. The van der Waals surface area contributed by atoms with E-state index in [1.165, 1.54) is 19.0 Å². The molecule has 2 fully saturated rings. The zero-order chi connectivity index (χ0) is 21.2. The average molecular weight is 417 g/mol. The van der Waals surface area contributed by atoms with Crippen molar-refractivity contribution in [1.29, 1.82) is 0 Å². The van der Waals surface area contributed by atoms with Crippen molar-refractivity contribution in [2.45, 2.75) is 56.7 Å². The fourth-order valence-electron chi connectivity index (χ4n) is 3.82. The van der Waals surface area contributed by atoms with Crippen LogP contribution >= 0.6 is 0 Å². The molecular weight excluding hydrogens is 394 g/mol. The van der Waals surface area contributed by atoms with Gasteiger partial charge in [-0.25, -0.2) is 13.9 Å². The second-order valence-electron chi connectivity index (χ2n) is 7.36. The summed E-state index contributed by atoms with van der Waals surface area (Å²) in [6.07, 6.45) is 1.31. The lowest BCUT2D eigenvalue weighted by molar-refractivity contribution is -0.188. The minimum atomic E-state index is -4.82. The molecule has 7 nitrogen and oxygen atoms in total. The topological polar surface area (TPSA) is 96.8 Å². The van der Waals surface area contributed by atoms with Crippen LogP contribution in [0.25, 0.3) is 5.52 Å². The van der Waals surface area contributed by atoms with Crippen LogP contribution in [0.5, 0.6) is 0 Å². The number of rotatable bonds is 1. The van der Waals surface area contributed by atoms with E-state index < -0.39 is 18.2 Å². The summed E-state index contributed by atoms with van der Waals surface area (Å²) in [7, 11) is 0. The van der Waals surface area contributed by atoms with Crippen molar-refractivity contribution in [2.75, 3.05) is 18.8 Å². The summed E-state index contributed by atoms with van der Waals surface area (Å²) in [6.45, 7) is -0.131. The lowest BCUT2D eigenvalue weighted by Gasteiger charge is -2.30. The van der Waals surface area contributed by atoms with Crippen LogP contribution in [0.3, 0.4) is 0 Å². The third-order valence-electron chi connectivity index (χ3n) is 5.21. The van der Waals surface area contributed by atoms with Gasteiger partial charge in [-0.3, -0.25) is 4.79 Å². The highest BCUT2D eigenvalue weighted by atomic mass is 19.4. The molecule has 160 valence electrons. The summed E-state index contributed by atoms with van der Waals surface area (Å²) in [5.74, 6) is -1.53. The van der Waals surface area contributed by atoms with Gasteiger partial charge in [0.2, 0.25) is 5.95 Å². The van der Waals surface area contributed by atoms with Gasteiger partial charge in [-0.15, -0.1) is 5.10 Å². The van der Waals surface area contributed by atoms with Gasteiger partial charge in [0, 0.05) is 24.7 Å². The van der Waals surface area contributed by atoms with Gasteiger partial charge in [-0.2, -0.15) is 13.2 Å². The fraction of sp³-hybridized carbons (Fsp3) is 0.611. The van der Waals surface area contributed by atoms with Crippen molar-refractivity contribution < 1.29 is 27.5 Å². The second-order valence-corrected chi connectivity index (χ2v) is 7.36. The van der Waals surface area contributed by atoms with Gasteiger partial charge >= 0.3 is 12.1 Å². The maximum atomic E-state index is 13.7. The molecule has 1 atom stereocenters. The van der Waals surface area contributed by atoms with Crippen LogP contribution in [-0.2, 0) is 4.79 Å². The molecule has 11 heteroatoms. The molecule has 1 unspecified atom stereocenters. The van der Waals surface area contributed by atoms with E-state index in [0.29, 0.717) is 29.2 Å². The third kappa shape index (κ3) is 4.95. The number of nitrogens with zero attached hydrogens (tertiary/aromatic N) is 4. The molecule has 0 bridgehead atoms. The Morgan fingerprint density at radius 1 is 1.21 bits per heavy atom. The van der Waals surface area contributed by atoms with Gasteiger partial charge in [0.25, 0.3) is 0 Å². The van der Waals surface area contributed by atoms with Crippen molar-refractivity contribution in [2.24, 2.45) is 0 Å². The molecular formula is C18H23F4N5O2. The molecule has 29 heavy (non-hydrogen) atoms. The first kappa shape index (κ1) is 21.3. The Balaban J connectivity index is 0.000000170. The van der Waals surface area contributed by atoms with Crippen molar-refractivity contribution in [3.05, 3.63) is 23.8 Å². The number of aliphatic hydroxyl groups is 1. The summed E-state index contributed by atoms with van der Waals surface area (Å²) in [6, 6.07) is 1.57. The van der Waals surface area contributed by atoms with Gasteiger partial charge in [0.15, 0.2) is 5.82 Å². The van der Waals surface area contributed by atoms with E-state index in [1.807, 2.05) is 0 Å². The maximum absolute atomic E-state index is 13.7. The Kier molecular flexibility index (Phi) is 6.25. The quantitative estimate of drug-likeness (QED) is 0.696. The second kappa shape index (κ2) is 8.52. The number of hydrogen-bond donors (Lipinski definition) is 2. The number of nitrogen functional groups attached to an aromatic ring is 1. The Labute approximate surface area is 164 Å². The number of aromatic nitrogens is 3. The monoisotopic (exact) mass is 417 g/mol. The molecule has 2 aromatic rings. The number of alkyl halides is 3. The first-order valence-corrected chi connectivity index (χ1v) is 9.50. The summed E-state index contributed by atoms with van der Waals surface area (Å²) in [4.78, 5) is 15.1. The van der Waals surface area contributed by atoms with Crippen LogP contribution in [0, 0.1) is 5.82 Å². The lowest BCUT2D eigenvalue weighted by atomic mass is 10.1. The van der Waals surface area contributed by atoms with E-state index in [2.05, 4.69) is 10.1 Å². The summed E-state index contributed by atoms with van der Waals surface area (Å²) in [5, 5.41) is 13.1. The van der Waals surface area contributed by atoms with Crippen LogP contribution in [0.1, 0.15) is 50.1 Å². The number of fused-ring (bicyclic) bond motifs is 1. The summed E-state index contributed by atoms with van der Waals surface area (Å²) < 4.78 is 50.9. The zero-order valence-corrected chi connectivity index (χ0v) is 15.7. The van der Waals surface area contributed by atoms with Gasteiger partial charge in [0.1, 0.15) is 5.52 Å². The molecule has 0 aromatic carbocycles. The molecule has 1 aliphatic heterocycles. The van der Waals surface area contributed by atoms with E-state index in [4.69, 9.17) is 10.8 Å². The first-order chi connectivity index (χ1) is 13.7. The van der Waals surface area contributed by atoms with Gasteiger partial charge in [0.05, 0.1) is 12.3 Å². The average Bonchev–Trinajstić information content (AvgIpc) is 3.29. The Morgan fingerprint density at radius 3 is 2.52 bits per heavy atom. The highest BCUT2D eigenvalue weighted by Crippen LogP contribution is 2.35. The normalized spacial score (nSPS) is 20.6. The van der Waals surface area contributed by atoms with Crippen LogP contribution in [0.2, 0.25) is 0 Å². The number of aliphatic hydroxyl groups excluding tert-OH is 1. The number of amides is 1. The third-order valence-corrected chi connectivity index (χ3v) is 5.21. The van der Waals surface area contributed by atoms with Gasteiger partial charge < -0.3 is 15.7 Å². The molecule has 2 aliphatic rings. The standard InChI is InChI=1S/C11H13FN4.C7H10F3NO2/c12-8-5-9(7-3-1-2-4-7)16-10(8)6-14-11(13)15-16;8-7(9,10)6(13)11-3-1-2-5(12)4-11/h5-7H,1-4H2,(H2,13,15);5,12H,1-4H2. The van der Waals surface area contributed by atoms with E-state index in [-0.39, 0.29) is 24.9 Å². The van der Waals surface area contributed by atoms with Crippen LogP contribution in [0.15, 0.2) is 12.3 Å². The number of carbonyl (C=O) groups is 1. The van der Waals surface area contributed by atoms with Crippen molar-refractivity contribution >= 4 is 17.4 Å². The fourth-order valence-corrected chi connectivity index (χ4v) is 3.82. The molecule has 1 amide bonds. The summed E-state index contributed by atoms with van der Waals surface area (Å²) >= 11 is 0. The number of β-amino-alcohol motifs (C(OH)–C–C–N with tert-alkyl or cyclic N) is 1. The SMILES string of the molecule is Nc1ncc2c(F)cc(C3CCCC3)n2n1.O=C(N1CCCC(O)C1)C(F)(F)F. The number of halogens is 4. The zero-order valence-electron chi connectivity index (χ0n) is 15.7. The van der Waals surface area contributed by atoms with E-state index in [1.54, 1.807) is 10.6 Å². The highest BCUT2D eigenvalue weighted by molar-refractivity contribution is 5.81. The lowest BCUT2D eigenvalue weighted by Crippen LogP contribution is -2.47. The first-order valence-electron chi connectivity index (χ1n) is 9.50. The van der Waals surface area contributed by atoms with Gasteiger partial charge in [-0.05, 0) is 31.7 Å². The van der Waals surface area contributed by atoms with E-state index in [9.17, 15) is 22.4 Å². The molecule has 2 aromatic heterocycles. The number of piperidine rings is 1. The van der Waals surface area contributed by atoms with Crippen molar-refractivity contribution in [1.82, 2.24) is 19.5 Å². The Hall–Kier alpha value is -2.43. The number of carbonyl (C=O) groups excluding carboxylic acids is 1. The Bertz CT molecular complexity index is 864. The van der Waals surface area contributed by atoms with Gasteiger partial charge in [-0.1, -0.05) is 12.8 Å². The van der Waals surface area contributed by atoms with E-state index >= 15 is 0 Å². The minimum absolute atomic E-state index is 0.0788. The molecule has 3 heterocycles. The number of likely N-dealkylation sites (tertiary alicyclic amines) is 1. The molecule has 3 N–H and O–H groups in total. The minimum Gasteiger partial charge on any atom is -0.391 e. The number of nitrogens with two attached hydrogens (primary N) is 1. The molecule has 0 radical (unpaired) electrons. The Morgan fingerprint density at radius 2 is 1.90 bits per heavy atom. The highest BCUT2D eigenvalue weighted by Gasteiger charge is 2.43. The number of hydrogen-bond acceptors (Lipinski definition) is 5. The predicted octanol–water partition coefficient (Wildman–Crippen LogP) is 2.64. The molecule has 1 saturated heterocycles. The van der Waals surface area contributed by atoms with Crippen molar-refractivity contribution in [3.8, 4) is 0 Å². The molecule has 4 rings (SSSR count). The van der Waals surface area contributed by atoms with Crippen LogP contribution in [-0.4, -0.2) is 55.9 Å². The van der Waals surface area contributed by atoms with Crippen molar-refractivity contribution in [3.63, 3.8) is 0 Å². The molecule has 1 saturated carbocycles. The predicted molar refractivity (Wildman–Crippen MR) is 96.4 cm³/mol.